The summed E-state index contributed by atoms with van der Waals surface area (Å²) in [6, 6.07) is 16.1. The van der Waals surface area contributed by atoms with Gasteiger partial charge in [0.25, 0.3) is 5.91 Å². The van der Waals surface area contributed by atoms with Crippen LogP contribution in [0, 0.1) is 0 Å². The van der Waals surface area contributed by atoms with Crippen LogP contribution >= 0.6 is 0 Å². The van der Waals surface area contributed by atoms with Crippen molar-refractivity contribution in [1.29, 1.82) is 0 Å². The third-order valence-corrected chi connectivity index (χ3v) is 9.92. The van der Waals surface area contributed by atoms with Crippen LogP contribution in [0.25, 0.3) is 11.0 Å². The minimum atomic E-state index is -0.168. The van der Waals surface area contributed by atoms with Crippen molar-refractivity contribution in [2.75, 3.05) is 85.3 Å². The van der Waals surface area contributed by atoms with Crippen LogP contribution < -0.4 is 19.1 Å². The lowest BCUT2D eigenvalue weighted by atomic mass is 9.77. The number of methoxy groups -OCH3 is 3. The average Bonchev–Trinajstić information content (AvgIpc) is 3.65. The fourth-order valence-electron chi connectivity index (χ4n) is 7.31. The molecule has 1 amide bonds. The molecule has 11 nitrogen and oxygen atoms in total. The van der Waals surface area contributed by atoms with Crippen molar-refractivity contribution in [3.05, 3.63) is 72.1 Å². The number of amides is 1. The van der Waals surface area contributed by atoms with Gasteiger partial charge in [-0.15, -0.1) is 0 Å². The molecule has 2 aromatic carbocycles. The summed E-state index contributed by atoms with van der Waals surface area (Å²) in [6.07, 6.45) is 6.62. The maximum absolute atomic E-state index is 13.9. The van der Waals surface area contributed by atoms with Crippen LogP contribution in [-0.2, 0) is 16.7 Å². The number of imidazole rings is 1. The molecule has 256 valence electrons. The lowest BCUT2D eigenvalue weighted by Crippen LogP contribution is -2.39. The molecule has 4 heterocycles. The Morgan fingerprint density at radius 1 is 0.896 bits per heavy atom. The quantitative estimate of drug-likeness (QED) is 0.187. The topological polar surface area (TPSA) is 94.4 Å². The smallest absolute Gasteiger partial charge is 0.254 e. The summed E-state index contributed by atoms with van der Waals surface area (Å²) in [4.78, 5) is 30.3. The lowest BCUT2D eigenvalue weighted by molar-refractivity contribution is 0.0780. The second-order valence-corrected chi connectivity index (χ2v) is 12.6. The third-order valence-electron chi connectivity index (χ3n) is 9.92. The summed E-state index contributed by atoms with van der Waals surface area (Å²) in [5.41, 5.74) is 3.76. The number of likely N-dealkylation sites (tertiary alicyclic amines) is 1. The van der Waals surface area contributed by atoms with Crippen LogP contribution in [-0.4, -0.2) is 111 Å². The summed E-state index contributed by atoms with van der Waals surface area (Å²) in [5.74, 6) is 2.41. The zero-order chi connectivity index (χ0) is 33.5. The van der Waals surface area contributed by atoms with Gasteiger partial charge in [-0.2, -0.15) is 0 Å². The van der Waals surface area contributed by atoms with Crippen LogP contribution in [0.15, 0.2) is 60.9 Å². The predicted octanol–water partition coefficient (Wildman–Crippen LogP) is 4.88. The number of pyridine rings is 1. The van der Waals surface area contributed by atoms with Gasteiger partial charge >= 0.3 is 0 Å². The number of hydrogen-bond acceptors (Lipinski definition) is 9. The number of para-hydroxylation sites is 2. The van der Waals surface area contributed by atoms with Crippen molar-refractivity contribution >= 4 is 22.9 Å². The summed E-state index contributed by atoms with van der Waals surface area (Å²) in [6.45, 7) is 10.3. The molecule has 1 atom stereocenters. The van der Waals surface area contributed by atoms with Gasteiger partial charge in [-0.05, 0) is 81.2 Å². The highest BCUT2D eigenvalue weighted by atomic mass is 16.5. The summed E-state index contributed by atoms with van der Waals surface area (Å²) < 4.78 is 24.6. The molecule has 1 unspecified atom stereocenters. The molecule has 0 bridgehead atoms. The predicted molar refractivity (Wildman–Crippen MR) is 187 cm³/mol. The van der Waals surface area contributed by atoms with E-state index in [9.17, 15) is 4.79 Å². The molecule has 6 rings (SSSR count). The fraction of sp³-hybridized carbons (Fsp3) is 0.486. The van der Waals surface area contributed by atoms with Gasteiger partial charge in [0.05, 0.1) is 39.0 Å². The SMILES string of the molecule is CCOCCn1c(N2CCCN(CCC3(c4ccncc4)CCN(C(=O)c4cc(OC)c(OC)c(OC)c4)C3)CC2)nc2ccccc21. The van der Waals surface area contributed by atoms with Gasteiger partial charge in [-0.1, -0.05) is 12.1 Å². The first kappa shape index (κ1) is 33.5. The van der Waals surface area contributed by atoms with Gasteiger partial charge < -0.3 is 38.2 Å². The van der Waals surface area contributed by atoms with E-state index >= 15 is 0 Å². The van der Waals surface area contributed by atoms with Crippen LogP contribution in [0.3, 0.4) is 0 Å². The van der Waals surface area contributed by atoms with E-state index in [0.29, 0.717) is 49.1 Å². The Morgan fingerprint density at radius 2 is 1.67 bits per heavy atom. The molecule has 0 spiro atoms. The summed E-state index contributed by atoms with van der Waals surface area (Å²) in [5, 5.41) is 0. The maximum Gasteiger partial charge on any atom is 0.254 e. The molecule has 2 aliphatic heterocycles. The molecular formula is C37H48N6O5. The van der Waals surface area contributed by atoms with E-state index in [1.165, 1.54) is 5.56 Å². The number of benzene rings is 2. The van der Waals surface area contributed by atoms with Crippen LogP contribution in [0.1, 0.15) is 42.1 Å². The van der Waals surface area contributed by atoms with Gasteiger partial charge in [0.15, 0.2) is 11.5 Å². The average molecular weight is 657 g/mol. The van der Waals surface area contributed by atoms with E-state index in [1.54, 1.807) is 33.5 Å². The molecule has 0 N–H and O–H groups in total. The molecular weight excluding hydrogens is 608 g/mol. The highest BCUT2D eigenvalue weighted by Gasteiger charge is 2.42. The van der Waals surface area contributed by atoms with Crippen molar-refractivity contribution < 1.29 is 23.7 Å². The molecule has 0 saturated carbocycles. The number of fused-ring (bicyclic) bond motifs is 1. The van der Waals surface area contributed by atoms with Crippen molar-refractivity contribution in [3.63, 3.8) is 0 Å². The molecule has 2 fully saturated rings. The number of nitrogens with zero attached hydrogens (tertiary/aromatic N) is 6. The maximum atomic E-state index is 13.9. The number of ether oxygens (including phenoxy) is 4. The normalized spacial score (nSPS) is 18.7. The van der Waals surface area contributed by atoms with Gasteiger partial charge in [0, 0.05) is 69.2 Å². The zero-order valence-electron chi connectivity index (χ0n) is 28.7. The van der Waals surface area contributed by atoms with E-state index in [-0.39, 0.29) is 11.3 Å². The van der Waals surface area contributed by atoms with Gasteiger partial charge in [-0.3, -0.25) is 9.78 Å². The van der Waals surface area contributed by atoms with Gasteiger partial charge in [0.1, 0.15) is 0 Å². The van der Waals surface area contributed by atoms with Gasteiger partial charge in [0.2, 0.25) is 11.7 Å². The summed E-state index contributed by atoms with van der Waals surface area (Å²) >= 11 is 0. The molecule has 0 aliphatic carbocycles. The highest BCUT2D eigenvalue weighted by Crippen LogP contribution is 2.41. The minimum Gasteiger partial charge on any atom is -0.493 e. The highest BCUT2D eigenvalue weighted by molar-refractivity contribution is 5.96. The minimum absolute atomic E-state index is 0.0391. The van der Waals surface area contributed by atoms with E-state index < -0.39 is 0 Å². The second-order valence-electron chi connectivity index (χ2n) is 12.6. The Balaban J connectivity index is 1.16. The largest absolute Gasteiger partial charge is 0.493 e. The van der Waals surface area contributed by atoms with Crippen molar-refractivity contribution in [1.82, 2.24) is 24.3 Å². The van der Waals surface area contributed by atoms with Crippen molar-refractivity contribution in [2.45, 2.75) is 38.1 Å². The molecule has 11 heteroatoms. The second kappa shape index (κ2) is 15.3. The molecule has 4 aromatic rings. The molecule has 0 radical (unpaired) electrons. The third kappa shape index (κ3) is 6.93. The fourth-order valence-corrected chi connectivity index (χ4v) is 7.31. The summed E-state index contributed by atoms with van der Waals surface area (Å²) in [7, 11) is 4.70. The molecule has 2 aliphatic rings. The molecule has 48 heavy (non-hydrogen) atoms. The van der Waals surface area contributed by atoms with Crippen LogP contribution in [0.5, 0.6) is 17.2 Å². The zero-order valence-corrected chi connectivity index (χ0v) is 28.7. The standard InChI is InChI=1S/C37H48N6O5/c1-5-48-24-23-43-31-10-7-6-9-30(31)39-36(43)41-18-8-17-40(21-22-41)19-13-37(29-11-15-38-16-12-29)14-20-42(27-37)35(44)28-25-32(45-2)34(47-4)33(26-28)46-3/h6-7,9-12,15-16,25-26H,5,8,13-14,17-24,27H2,1-4H3. The monoisotopic (exact) mass is 656 g/mol. The molecule has 2 saturated heterocycles. The Labute approximate surface area is 283 Å². The van der Waals surface area contributed by atoms with Gasteiger partial charge in [-0.25, -0.2) is 4.98 Å². The van der Waals surface area contributed by atoms with E-state index in [0.717, 1.165) is 75.5 Å². The van der Waals surface area contributed by atoms with Crippen LogP contribution in [0.2, 0.25) is 0 Å². The Morgan fingerprint density at radius 3 is 2.40 bits per heavy atom. The first-order valence-electron chi connectivity index (χ1n) is 17.0. The van der Waals surface area contributed by atoms with E-state index in [4.69, 9.17) is 23.9 Å². The lowest BCUT2D eigenvalue weighted by Gasteiger charge is -2.33. The number of rotatable bonds is 13. The van der Waals surface area contributed by atoms with E-state index in [2.05, 4.69) is 55.7 Å². The van der Waals surface area contributed by atoms with Crippen molar-refractivity contribution in [3.8, 4) is 17.2 Å². The van der Waals surface area contributed by atoms with E-state index in [1.807, 2.05) is 24.2 Å². The number of hydrogen-bond donors (Lipinski definition) is 0. The van der Waals surface area contributed by atoms with Crippen molar-refractivity contribution in [2.24, 2.45) is 0 Å². The first-order valence-corrected chi connectivity index (χ1v) is 17.0. The van der Waals surface area contributed by atoms with Crippen LogP contribution in [0.4, 0.5) is 5.95 Å². The number of carbonyl (C=O) groups is 1. The number of aromatic nitrogens is 3. The Bertz CT molecular complexity index is 1650. The Kier molecular flexibility index (Phi) is 10.7. The number of carbonyl (C=O) groups excluding carboxylic acids is 1. The first-order chi connectivity index (χ1) is 23.5. The Hall–Kier alpha value is -4.35. The molecule has 2 aromatic heterocycles. The number of anilines is 1.